The van der Waals surface area contributed by atoms with Crippen molar-refractivity contribution in [3.8, 4) is 5.75 Å². The Morgan fingerprint density at radius 2 is 1.83 bits per heavy atom. The first kappa shape index (κ1) is 16.6. The minimum absolute atomic E-state index is 0.0772. The van der Waals surface area contributed by atoms with Crippen molar-refractivity contribution in [2.24, 2.45) is 17.3 Å². The zero-order valence-electron chi connectivity index (χ0n) is 14.6. The fourth-order valence-electron chi connectivity index (χ4n) is 3.46. The van der Waals surface area contributed by atoms with Crippen molar-refractivity contribution in [3.05, 3.63) is 41.5 Å². The molecule has 0 spiro atoms. The molecule has 24 heavy (non-hydrogen) atoms. The van der Waals surface area contributed by atoms with Crippen molar-refractivity contribution in [2.45, 2.75) is 40.2 Å². The summed E-state index contributed by atoms with van der Waals surface area (Å²) in [6, 6.07) is 7.58. The van der Waals surface area contributed by atoms with Gasteiger partial charge in [0.1, 0.15) is 5.75 Å². The topological polar surface area (TPSA) is 67.4 Å². The minimum atomic E-state index is -0.594. The van der Waals surface area contributed by atoms with E-state index < -0.39 is 6.10 Å². The average Bonchev–Trinajstić information content (AvgIpc) is 2.88. The lowest BCUT2D eigenvalue weighted by atomic mass is 10.1. The van der Waals surface area contributed by atoms with Gasteiger partial charge >= 0.3 is 0 Å². The fourth-order valence-corrected chi connectivity index (χ4v) is 3.46. The zero-order valence-corrected chi connectivity index (χ0v) is 14.6. The average molecular weight is 328 g/mol. The highest BCUT2D eigenvalue weighted by Gasteiger charge is 2.60. The Balaban J connectivity index is 1.53. The third-order valence-corrected chi connectivity index (χ3v) is 4.95. The summed E-state index contributed by atoms with van der Waals surface area (Å²) in [5.41, 5.74) is 7.20. The largest absolute Gasteiger partial charge is 0.480 e. The molecule has 0 radical (unpaired) electrons. The van der Waals surface area contributed by atoms with Crippen molar-refractivity contribution >= 4 is 11.8 Å². The van der Waals surface area contributed by atoms with Crippen molar-refractivity contribution in [3.63, 3.8) is 0 Å². The summed E-state index contributed by atoms with van der Waals surface area (Å²) in [7, 11) is 0. The number of hydrogen-bond donors (Lipinski definition) is 2. The van der Waals surface area contributed by atoms with Crippen LogP contribution in [0, 0.1) is 17.3 Å². The highest BCUT2D eigenvalue weighted by molar-refractivity contribution is 5.88. The molecule has 1 aliphatic heterocycles. The number of hydrogen-bond acceptors (Lipinski definition) is 3. The van der Waals surface area contributed by atoms with Crippen molar-refractivity contribution in [2.75, 3.05) is 0 Å². The van der Waals surface area contributed by atoms with E-state index >= 15 is 0 Å². The van der Waals surface area contributed by atoms with Gasteiger partial charge in [0.15, 0.2) is 6.10 Å². The van der Waals surface area contributed by atoms with Crippen LogP contribution in [0.5, 0.6) is 5.75 Å². The maximum absolute atomic E-state index is 12.4. The third-order valence-electron chi connectivity index (χ3n) is 4.95. The van der Waals surface area contributed by atoms with Crippen LogP contribution in [0.1, 0.15) is 33.3 Å². The van der Waals surface area contributed by atoms with Gasteiger partial charge < -0.3 is 4.74 Å². The van der Waals surface area contributed by atoms with Crippen LogP contribution in [0.25, 0.3) is 0 Å². The number of para-hydroxylation sites is 1. The van der Waals surface area contributed by atoms with Gasteiger partial charge in [-0.05, 0) is 36.8 Å². The Bertz CT molecular complexity index is 679. The summed E-state index contributed by atoms with van der Waals surface area (Å²) < 4.78 is 5.62. The normalized spacial score (nSPS) is 25.9. The molecule has 0 unspecified atom stereocenters. The summed E-state index contributed by atoms with van der Waals surface area (Å²) >= 11 is 0. The van der Waals surface area contributed by atoms with E-state index in [1.165, 1.54) is 5.57 Å². The molecule has 1 heterocycles. The second kappa shape index (κ2) is 5.96. The standard InChI is InChI=1S/C19H24N2O3/c1-11(2)9-13-16(19(13,3)4)18(23)21-20-17(22)15-10-12-7-5-6-8-14(12)24-15/h5-9,13,15-16H,10H2,1-4H3,(H,20,22)(H,21,23)/t13-,15-,16-/m1/s1. The Kier molecular flexibility index (Phi) is 4.11. The van der Waals surface area contributed by atoms with Gasteiger partial charge in [-0.15, -0.1) is 0 Å². The molecule has 1 saturated carbocycles. The van der Waals surface area contributed by atoms with Gasteiger partial charge in [0.25, 0.3) is 5.91 Å². The first-order valence-corrected chi connectivity index (χ1v) is 8.30. The van der Waals surface area contributed by atoms with Crippen molar-refractivity contribution in [1.29, 1.82) is 0 Å². The summed E-state index contributed by atoms with van der Waals surface area (Å²) in [5.74, 6) is 0.361. The predicted octanol–water partition coefficient (Wildman–Crippen LogP) is 2.38. The molecular weight excluding hydrogens is 304 g/mol. The van der Waals surface area contributed by atoms with Gasteiger partial charge in [-0.25, -0.2) is 0 Å². The molecule has 3 atom stereocenters. The maximum Gasteiger partial charge on any atom is 0.279 e. The number of amides is 2. The van der Waals surface area contributed by atoms with E-state index in [-0.39, 0.29) is 29.1 Å². The van der Waals surface area contributed by atoms with E-state index in [2.05, 4.69) is 30.8 Å². The van der Waals surface area contributed by atoms with Crippen LogP contribution in [0.4, 0.5) is 0 Å². The van der Waals surface area contributed by atoms with Gasteiger partial charge in [-0.2, -0.15) is 0 Å². The molecule has 5 heteroatoms. The molecule has 0 aromatic heterocycles. The monoisotopic (exact) mass is 328 g/mol. The lowest BCUT2D eigenvalue weighted by Crippen LogP contribution is -2.48. The number of carbonyl (C=O) groups is 2. The van der Waals surface area contributed by atoms with E-state index in [0.717, 1.165) is 11.3 Å². The summed E-state index contributed by atoms with van der Waals surface area (Å²) in [6.45, 7) is 8.19. The second-order valence-electron chi connectivity index (χ2n) is 7.47. The van der Waals surface area contributed by atoms with Crippen LogP contribution in [0.2, 0.25) is 0 Å². The number of carbonyl (C=O) groups excluding carboxylic acids is 2. The quantitative estimate of drug-likeness (QED) is 0.661. The van der Waals surface area contributed by atoms with Gasteiger partial charge in [-0.1, -0.05) is 43.7 Å². The second-order valence-corrected chi connectivity index (χ2v) is 7.47. The first-order valence-electron chi connectivity index (χ1n) is 8.30. The first-order chi connectivity index (χ1) is 11.3. The fraction of sp³-hybridized carbons (Fsp3) is 0.474. The molecule has 2 aliphatic rings. The Morgan fingerprint density at radius 1 is 1.17 bits per heavy atom. The van der Waals surface area contributed by atoms with Gasteiger partial charge in [0.05, 0.1) is 5.92 Å². The highest BCUT2D eigenvalue weighted by Crippen LogP contribution is 2.59. The van der Waals surface area contributed by atoms with Crippen molar-refractivity contribution < 1.29 is 14.3 Å². The van der Waals surface area contributed by atoms with E-state index in [9.17, 15) is 9.59 Å². The predicted molar refractivity (Wildman–Crippen MR) is 91.0 cm³/mol. The van der Waals surface area contributed by atoms with Gasteiger partial charge in [-0.3, -0.25) is 20.4 Å². The van der Waals surface area contributed by atoms with Crippen LogP contribution in [0.15, 0.2) is 35.9 Å². The highest BCUT2D eigenvalue weighted by atomic mass is 16.5. The summed E-state index contributed by atoms with van der Waals surface area (Å²) in [5, 5.41) is 0. The lowest BCUT2D eigenvalue weighted by Gasteiger charge is -2.12. The van der Waals surface area contributed by atoms with Crippen LogP contribution in [-0.4, -0.2) is 17.9 Å². The Hall–Kier alpha value is -2.30. The minimum Gasteiger partial charge on any atom is -0.480 e. The van der Waals surface area contributed by atoms with Crippen LogP contribution in [0.3, 0.4) is 0 Å². The molecule has 1 aromatic rings. The van der Waals surface area contributed by atoms with Crippen LogP contribution in [-0.2, 0) is 16.0 Å². The molecule has 1 fully saturated rings. The van der Waals surface area contributed by atoms with Crippen LogP contribution >= 0.6 is 0 Å². The molecule has 1 aromatic carbocycles. The number of ether oxygens (including phenoxy) is 1. The Labute approximate surface area is 142 Å². The van der Waals surface area contributed by atoms with Gasteiger partial charge in [0.2, 0.25) is 5.91 Å². The SMILES string of the molecule is CC(C)=C[C@@H]1[C@H](C(=O)NNC(=O)[C@H]2Cc3ccccc3O2)C1(C)C. The number of allylic oxidation sites excluding steroid dienone is 2. The smallest absolute Gasteiger partial charge is 0.279 e. The van der Waals surface area contributed by atoms with E-state index in [4.69, 9.17) is 4.74 Å². The molecule has 2 amide bonds. The number of hydrazine groups is 1. The molecule has 128 valence electrons. The van der Waals surface area contributed by atoms with E-state index in [1.807, 2.05) is 38.1 Å². The molecule has 0 saturated heterocycles. The molecule has 0 bridgehead atoms. The van der Waals surface area contributed by atoms with E-state index in [0.29, 0.717) is 6.42 Å². The number of rotatable bonds is 3. The molecular formula is C19H24N2O3. The summed E-state index contributed by atoms with van der Waals surface area (Å²) in [4.78, 5) is 24.6. The number of nitrogens with one attached hydrogen (secondary N) is 2. The molecule has 1 aliphatic carbocycles. The lowest BCUT2D eigenvalue weighted by molar-refractivity contribution is -0.133. The third kappa shape index (κ3) is 3.03. The maximum atomic E-state index is 12.4. The molecule has 5 nitrogen and oxygen atoms in total. The summed E-state index contributed by atoms with van der Waals surface area (Å²) in [6.07, 6.45) is 2.05. The number of fused-ring (bicyclic) bond motifs is 1. The van der Waals surface area contributed by atoms with Crippen LogP contribution < -0.4 is 15.6 Å². The van der Waals surface area contributed by atoms with Gasteiger partial charge in [0, 0.05) is 6.42 Å². The molecule has 2 N–H and O–H groups in total. The van der Waals surface area contributed by atoms with E-state index in [1.54, 1.807) is 0 Å². The zero-order chi connectivity index (χ0) is 17.5. The Morgan fingerprint density at radius 3 is 2.50 bits per heavy atom. The van der Waals surface area contributed by atoms with Crippen molar-refractivity contribution in [1.82, 2.24) is 10.9 Å². The molecule has 3 rings (SSSR count). The number of benzene rings is 1.